The fourth-order valence-electron chi connectivity index (χ4n) is 7.69. The van der Waals surface area contributed by atoms with E-state index >= 15 is 0 Å². The Morgan fingerprint density at radius 1 is 0.927 bits per heavy atom. The molecule has 0 saturated carbocycles. The van der Waals surface area contributed by atoms with Crippen LogP contribution in [0.3, 0.4) is 0 Å². The van der Waals surface area contributed by atoms with Crippen molar-refractivity contribution in [2.45, 2.75) is 37.6 Å². The van der Waals surface area contributed by atoms with E-state index in [9.17, 15) is 14.4 Å². The van der Waals surface area contributed by atoms with E-state index in [1.165, 1.54) is 5.56 Å². The van der Waals surface area contributed by atoms with E-state index in [-0.39, 0.29) is 17.7 Å². The lowest BCUT2D eigenvalue weighted by atomic mass is 9.89. The number of para-hydroxylation sites is 1. The monoisotopic (exact) mass is 762 g/mol. The number of piperazine rings is 1. The van der Waals surface area contributed by atoms with E-state index in [0.29, 0.717) is 60.9 Å². The lowest BCUT2D eigenvalue weighted by Crippen LogP contribution is -2.51. The van der Waals surface area contributed by atoms with Gasteiger partial charge in [-0.25, -0.2) is 4.98 Å². The molecule has 0 bridgehead atoms. The number of aromatic nitrogens is 4. The largest absolute Gasteiger partial charge is 0.494 e. The van der Waals surface area contributed by atoms with Gasteiger partial charge in [0, 0.05) is 55.4 Å². The molecule has 3 N–H and O–H groups in total. The topological polar surface area (TPSA) is 150 Å². The molecule has 8 rings (SSSR count). The van der Waals surface area contributed by atoms with Gasteiger partial charge < -0.3 is 25.2 Å². The molecule has 5 aromatic rings. The average molecular weight is 763 g/mol. The maximum atomic E-state index is 13.4. The van der Waals surface area contributed by atoms with Crippen LogP contribution < -0.4 is 25.6 Å². The van der Waals surface area contributed by atoms with Crippen molar-refractivity contribution in [2.24, 2.45) is 0 Å². The van der Waals surface area contributed by atoms with Crippen molar-refractivity contribution < 1.29 is 19.1 Å². The molecule has 0 aliphatic carbocycles. The van der Waals surface area contributed by atoms with Crippen LogP contribution in [0, 0.1) is 0 Å². The number of piperidine rings is 2. The number of methoxy groups -OCH3 is 1. The third-order valence-electron chi connectivity index (χ3n) is 10.8. The summed E-state index contributed by atoms with van der Waals surface area (Å²) in [5, 5.41) is 14.8. The molecule has 14 nitrogen and oxygen atoms in total. The summed E-state index contributed by atoms with van der Waals surface area (Å²) in [5.41, 5.74) is 4.75. The first kappa shape index (κ1) is 36.3. The van der Waals surface area contributed by atoms with Crippen molar-refractivity contribution >= 4 is 69.1 Å². The molecule has 0 radical (unpaired) electrons. The van der Waals surface area contributed by atoms with Gasteiger partial charge in [-0.3, -0.25) is 29.3 Å². The Labute approximate surface area is 323 Å². The van der Waals surface area contributed by atoms with Gasteiger partial charge in [0.15, 0.2) is 5.82 Å². The molecule has 5 heterocycles. The number of anilines is 5. The van der Waals surface area contributed by atoms with Crippen LogP contribution >= 0.6 is 11.6 Å². The van der Waals surface area contributed by atoms with Crippen molar-refractivity contribution in [1.29, 1.82) is 0 Å². The summed E-state index contributed by atoms with van der Waals surface area (Å²) in [7, 11) is 1.63. The maximum absolute atomic E-state index is 13.4. The van der Waals surface area contributed by atoms with Gasteiger partial charge in [0.25, 0.3) is 5.91 Å². The Kier molecular flexibility index (Phi) is 10.5. The molecule has 3 amide bonds. The number of rotatable bonds is 10. The number of halogens is 1. The number of hydrogen-bond donors (Lipinski definition) is 3. The van der Waals surface area contributed by atoms with Gasteiger partial charge in [-0.2, -0.15) is 10.1 Å². The zero-order chi connectivity index (χ0) is 37.9. The highest BCUT2D eigenvalue weighted by Crippen LogP contribution is 2.34. The molecule has 3 fully saturated rings. The van der Waals surface area contributed by atoms with Gasteiger partial charge in [0.05, 0.1) is 37.3 Å². The Hall–Kier alpha value is -5.73. The second-order valence-electron chi connectivity index (χ2n) is 14.2. The van der Waals surface area contributed by atoms with E-state index in [2.05, 4.69) is 52.9 Å². The summed E-state index contributed by atoms with van der Waals surface area (Å²) in [5.74, 6) is 1.55. The van der Waals surface area contributed by atoms with Crippen molar-refractivity contribution in [1.82, 2.24) is 34.9 Å². The predicted molar refractivity (Wildman–Crippen MR) is 211 cm³/mol. The number of fused-ring (bicyclic) bond motifs is 1. The molecule has 2 aromatic heterocycles. The van der Waals surface area contributed by atoms with E-state index in [1.807, 2.05) is 59.5 Å². The van der Waals surface area contributed by atoms with Gasteiger partial charge in [0.2, 0.25) is 17.8 Å². The normalized spacial score (nSPS) is 18.3. The van der Waals surface area contributed by atoms with E-state index < -0.39 is 6.04 Å². The molecule has 284 valence electrons. The second-order valence-corrected chi connectivity index (χ2v) is 14.6. The van der Waals surface area contributed by atoms with Gasteiger partial charge in [-0.15, -0.1) is 0 Å². The molecular formula is C40H43ClN10O4. The highest BCUT2D eigenvalue weighted by atomic mass is 35.5. The van der Waals surface area contributed by atoms with Crippen LogP contribution in [0.15, 0.2) is 79.1 Å². The Morgan fingerprint density at radius 2 is 1.73 bits per heavy atom. The zero-order valence-electron chi connectivity index (χ0n) is 30.6. The van der Waals surface area contributed by atoms with Crippen LogP contribution in [0.4, 0.5) is 28.8 Å². The van der Waals surface area contributed by atoms with E-state index in [0.717, 1.165) is 67.0 Å². The summed E-state index contributed by atoms with van der Waals surface area (Å²) < 4.78 is 7.48. The minimum atomic E-state index is -0.474. The average Bonchev–Trinajstić information content (AvgIpc) is 3.63. The van der Waals surface area contributed by atoms with Crippen LogP contribution in [-0.4, -0.2) is 100 Å². The summed E-state index contributed by atoms with van der Waals surface area (Å²) in [6.45, 7) is 4.89. The van der Waals surface area contributed by atoms with Gasteiger partial charge in [0.1, 0.15) is 16.8 Å². The number of carbonyl (C=O) groups is 3. The summed E-state index contributed by atoms with van der Waals surface area (Å²) in [4.78, 5) is 52.9. The van der Waals surface area contributed by atoms with Crippen LogP contribution in [0.2, 0.25) is 5.02 Å². The molecule has 0 spiro atoms. The molecule has 3 aliphatic heterocycles. The SMILES string of the molecule is COc1cc(N2CCN(C(=O)CN3CCC(c4ccc5c(cnn5C5CCC(=O)NC5=O)c4)CC3)CC2)ccc1Nc1ncc(Cl)c(Nc2ccccc2)n1. The van der Waals surface area contributed by atoms with Crippen LogP contribution in [-0.2, 0) is 14.4 Å². The van der Waals surface area contributed by atoms with Crippen molar-refractivity contribution in [3.8, 4) is 5.75 Å². The highest BCUT2D eigenvalue weighted by molar-refractivity contribution is 6.32. The van der Waals surface area contributed by atoms with E-state index in [1.54, 1.807) is 24.2 Å². The number of likely N-dealkylation sites (tertiary alicyclic amines) is 1. The second kappa shape index (κ2) is 15.9. The van der Waals surface area contributed by atoms with Crippen molar-refractivity contribution in [3.05, 3.63) is 89.7 Å². The Balaban J connectivity index is 0.816. The van der Waals surface area contributed by atoms with Crippen LogP contribution in [0.5, 0.6) is 5.75 Å². The summed E-state index contributed by atoms with van der Waals surface area (Å²) in [6.07, 6.45) is 6.06. The van der Waals surface area contributed by atoms with Crippen molar-refractivity contribution in [3.63, 3.8) is 0 Å². The number of imide groups is 1. The van der Waals surface area contributed by atoms with Gasteiger partial charge in [-0.05, 0) is 80.2 Å². The molecule has 1 unspecified atom stereocenters. The van der Waals surface area contributed by atoms with Crippen LogP contribution in [0.1, 0.15) is 43.2 Å². The number of hydrogen-bond acceptors (Lipinski definition) is 11. The molecule has 55 heavy (non-hydrogen) atoms. The lowest BCUT2D eigenvalue weighted by Gasteiger charge is -2.38. The minimum absolute atomic E-state index is 0.168. The molecule has 3 aromatic carbocycles. The predicted octanol–water partition coefficient (Wildman–Crippen LogP) is 5.48. The Morgan fingerprint density at radius 3 is 2.49 bits per heavy atom. The van der Waals surface area contributed by atoms with E-state index in [4.69, 9.17) is 16.3 Å². The van der Waals surface area contributed by atoms with Crippen LogP contribution in [0.25, 0.3) is 10.9 Å². The first-order chi connectivity index (χ1) is 26.8. The fraction of sp³-hybridized carbons (Fsp3) is 0.350. The quantitative estimate of drug-likeness (QED) is 0.155. The molecule has 3 saturated heterocycles. The third-order valence-corrected chi connectivity index (χ3v) is 11.0. The third kappa shape index (κ3) is 8.05. The number of nitrogens with zero attached hydrogens (tertiary/aromatic N) is 7. The first-order valence-corrected chi connectivity index (χ1v) is 19.0. The number of amides is 3. The molecule has 3 aliphatic rings. The molecular weight excluding hydrogens is 720 g/mol. The van der Waals surface area contributed by atoms with Gasteiger partial charge in [-0.1, -0.05) is 35.9 Å². The molecule has 1 atom stereocenters. The smallest absolute Gasteiger partial charge is 0.251 e. The number of benzene rings is 3. The number of carbonyl (C=O) groups excluding carboxylic acids is 3. The first-order valence-electron chi connectivity index (χ1n) is 18.7. The highest BCUT2D eigenvalue weighted by Gasteiger charge is 2.30. The Bertz CT molecular complexity index is 2200. The summed E-state index contributed by atoms with van der Waals surface area (Å²) in [6, 6.07) is 21.5. The van der Waals surface area contributed by atoms with Gasteiger partial charge >= 0.3 is 0 Å². The zero-order valence-corrected chi connectivity index (χ0v) is 31.3. The maximum Gasteiger partial charge on any atom is 0.251 e. The standard InChI is InChI=1S/C40H43ClN10O4/c1-55-35-22-30(8-9-32(35)45-40-42-24-31(41)38(47-40)44-29-5-3-2-4-6-29)49-17-19-50(20-18-49)37(53)25-48-15-13-26(14-16-48)27-7-10-33-28(21-27)23-43-51(33)34-11-12-36(52)46-39(34)54/h2-10,21-24,26,34H,11-20,25H2,1H3,(H,46,52,54)(H2,42,44,45,47). The lowest BCUT2D eigenvalue weighted by molar-refractivity contribution is -0.136. The number of nitrogens with one attached hydrogen (secondary N) is 3. The molecule has 15 heteroatoms. The number of ether oxygens (including phenoxy) is 1. The summed E-state index contributed by atoms with van der Waals surface area (Å²) >= 11 is 6.37. The minimum Gasteiger partial charge on any atom is -0.494 e. The van der Waals surface area contributed by atoms with Crippen molar-refractivity contribution in [2.75, 3.05) is 68.5 Å². The fourth-order valence-corrected chi connectivity index (χ4v) is 7.83.